The molecule has 3 rings (SSSR count). The molecule has 2 heterocycles. The van der Waals surface area contributed by atoms with Crippen LogP contribution < -0.4 is 5.32 Å². The molecule has 5 nitrogen and oxygen atoms in total. The van der Waals surface area contributed by atoms with Crippen LogP contribution in [0.1, 0.15) is 26.2 Å². The van der Waals surface area contributed by atoms with Gasteiger partial charge in [0.1, 0.15) is 0 Å². The minimum Gasteiger partial charge on any atom is -0.375 e. The van der Waals surface area contributed by atoms with Crippen LogP contribution in [0.3, 0.4) is 0 Å². The van der Waals surface area contributed by atoms with Crippen LogP contribution in [0.4, 0.5) is 0 Å². The lowest BCUT2D eigenvalue weighted by Gasteiger charge is -2.42. The zero-order valence-electron chi connectivity index (χ0n) is 11.8. The van der Waals surface area contributed by atoms with Gasteiger partial charge in [0.2, 0.25) is 5.91 Å². The monoisotopic (exact) mass is 267 g/mol. The fraction of sp³-hybridized carbons (Fsp3) is 0.929. The summed E-state index contributed by atoms with van der Waals surface area (Å²) in [4.78, 5) is 17.0. The molecule has 1 amide bonds. The maximum Gasteiger partial charge on any atom is 0.239 e. The Bertz CT molecular complexity index is 331. The van der Waals surface area contributed by atoms with Crippen LogP contribution in [0.25, 0.3) is 0 Å². The summed E-state index contributed by atoms with van der Waals surface area (Å²) in [5.41, 5.74) is 0. The van der Waals surface area contributed by atoms with Crippen molar-refractivity contribution in [2.45, 2.75) is 44.4 Å². The van der Waals surface area contributed by atoms with Crippen molar-refractivity contribution in [1.82, 2.24) is 15.1 Å². The summed E-state index contributed by atoms with van der Waals surface area (Å²) < 4.78 is 5.83. The van der Waals surface area contributed by atoms with E-state index in [1.807, 2.05) is 4.90 Å². The molecule has 0 bridgehead atoms. The average molecular weight is 267 g/mol. The van der Waals surface area contributed by atoms with Gasteiger partial charge in [0.05, 0.1) is 18.8 Å². The number of rotatable bonds is 2. The van der Waals surface area contributed by atoms with Gasteiger partial charge in [-0.15, -0.1) is 0 Å². The predicted molar refractivity (Wildman–Crippen MR) is 73.0 cm³/mol. The van der Waals surface area contributed by atoms with Crippen LogP contribution in [-0.4, -0.2) is 73.2 Å². The third-order valence-electron chi connectivity index (χ3n) is 4.81. The Hall–Kier alpha value is -0.650. The van der Waals surface area contributed by atoms with Crippen molar-refractivity contribution in [2.24, 2.45) is 0 Å². The molecule has 1 saturated carbocycles. The van der Waals surface area contributed by atoms with Crippen LogP contribution >= 0.6 is 0 Å². The topological polar surface area (TPSA) is 44.8 Å². The minimum absolute atomic E-state index is 0.00704. The molecule has 0 aromatic heterocycles. The van der Waals surface area contributed by atoms with Crippen molar-refractivity contribution in [1.29, 1.82) is 0 Å². The van der Waals surface area contributed by atoms with E-state index in [1.165, 1.54) is 12.8 Å². The Morgan fingerprint density at radius 3 is 2.84 bits per heavy atom. The highest BCUT2D eigenvalue weighted by atomic mass is 16.5. The second kappa shape index (κ2) is 5.77. The van der Waals surface area contributed by atoms with Gasteiger partial charge in [-0.25, -0.2) is 0 Å². The minimum atomic E-state index is 0.00704. The maximum atomic E-state index is 12.6. The molecule has 108 valence electrons. The van der Waals surface area contributed by atoms with Crippen LogP contribution in [0.5, 0.6) is 0 Å². The summed E-state index contributed by atoms with van der Waals surface area (Å²) in [6, 6.07) is 0.475. The van der Waals surface area contributed by atoms with Gasteiger partial charge in [0.15, 0.2) is 0 Å². The smallest absolute Gasteiger partial charge is 0.239 e. The summed E-state index contributed by atoms with van der Waals surface area (Å²) in [6.45, 7) is 7.30. The Kier molecular flexibility index (Phi) is 4.05. The van der Waals surface area contributed by atoms with Crippen molar-refractivity contribution in [3.05, 3.63) is 0 Å². The molecule has 5 heteroatoms. The van der Waals surface area contributed by atoms with Crippen LogP contribution in [0.15, 0.2) is 0 Å². The van der Waals surface area contributed by atoms with Crippen molar-refractivity contribution in [3.63, 3.8) is 0 Å². The first kappa shape index (κ1) is 13.3. The number of fused-ring (bicyclic) bond motifs is 1. The second-order valence-electron chi connectivity index (χ2n) is 5.90. The van der Waals surface area contributed by atoms with Gasteiger partial charge in [-0.2, -0.15) is 0 Å². The molecular formula is C14H25N3O2. The number of nitrogens with zero attached hydrogens (tertiary/aromatic N) is 2. The predicted octanol–water partition coefficient (Wildman–Crippen LogP) is 0.0600. The molecule has 2 saturated heterocycles. The van der Waals surface area contributed by atoms with Crippen LogP contribution in [0, 0.1) is 0 Å². The molecule has 3 fully saturated rings. The quantitative estimate of drug-likeness (QED) is 0.768. The maximum absolute atomic E-state index is 12.6. The van der Waals surface area contributed by atoms with Crippen molar-refractivity contribution in [3.8, 4) is 0 Å². The molecule has 0 radical (unpaired) electrons. The number of morpholine rings is 1. The van der Waals surface area contributed by atoms with Gasteiger partial charge in [-0.05, 0) is 26.2 Å². The largest absolute Gasteiger partial charge is 0.375 e. The van der Waals surface area contributed by atoms with E-state index in [1.54, 1.807) is 0 Å². The number of nitrogens with one attached hydrogen (secondary N) is 1. The molecular weight excluding hydrogens is 242 g/mol. The SMILES string of the molecule is CC(C(=O)N1CCNCC1)N1CCOC2CCCC21. The van der Waals surface area contributed by atoms with E-state index < -0.39 is 0 Å². The summed E-state index contributed by atoms with van der Waals surface area (Å²) in [7, 11) is 0. The zero-order valence-corrected chi connectivity index (χ0v) is 11.8. The fourth-order valence-electron chi connectivity index (χ4n) is 3.73. The Labute approximate surface area is 115 Å². The Morgan fingerprint density at radius 1 is 1.26 bits per heavy atom. The third kappa shape index (κ3) is 2.64. The van der Waals surface area contributed by atoms with Gasteiger partial charge in [-0.3, -0.25) is 9.69 Å². The lowest BCUT2D eigenvalue weighted by molar-refractivity contribution is -0.143. The molecule has 0 aromatic carbocycles. The lowest BCUT2D eigenvalue weighted by Crippen LogP contribution is -2.58. The number of hydrogen-bond donors (Lipinski definition) is 1. The number of carbonyl (C=O) groups excluding carboxylic acids is 1. The van der Waals surface area contributed by atoms with Gasteiger partial charge >= 0.3 is 0 Å². The van der Waals surface area contributed by atoms with E-state index in [0.717, 1.165) is 45.8 Å². The number of carbonyl (C=O) groups is 1. The number of amides is 1. The fourth-order valence-corrected chi connectivity index (χ4v) is 3.73. The van der Waals surface area contributed by atoms with E-state index in [-0.39, 0.29) is 6.04 Å². The average Bonchev–Trinajstić information content (AvgIpc) is 2.95. The normalized spacial score (nSPS) is 34.1. The Balaban J connectivity index is 1.64. The van der Waals surface area contributed by atoms with Gasteiger partial charge < -0.3 is 15.0 Å². The van der Waals surface area contributed by atoms with Gasteiger partial charge in [0.25, 0.3) is 0 Å². The molecule has 1 N–H and O–H groups in total. The number of piperazine rings is 1. The lowest BCUT2D eigenvalue weighted by atomic mass is 10.1. The van der Waals surface area contributed by atoms with Gasteiger partial charge in [-0.1, -0.05) is 0 Å². The van der Waals surface area contributed by atoms with Crippen LogP contribution in [0.2, 0.25) is 0 Å². The van der Waals surface area contributed by atoms with Crippen molar-refractivity contribution >= 4 is 5.91 Å². The molecule has 0 aromatic rings. The second-order valence-corrected chi connectivity index (χ2v) is 5.90. The van der Waals surface area contributed by atoms with Crippen molar-refractivity contribution in [2.75, 3.05) is 39.3 Å². The molecule has 0 spiro atoms. The number of ether oxygens (including phenoxy) is 1. The third-order valence-corrected chi connectivity index (χ3v) is 4.81. The van der Waals surface area contributed by atoms with E-state index in [0.29, 0.717) is 18.1 Å². The first-order chi connectivity index (χ1) is 9.27. The first-order valence-corrected chi connectivity index (χ1v) is 7.64. The van der Waals surface area contributed by atoms with E-state index >= 15 is 0 Å². The molecule has 2 aliphatic heterocycles. The van der Waals surface area contributed by atoms with Gasteiger partial charge in [0, 0.05) is 38.8 Å². The highest BCUT2D eigenvalue weighted by Crippen LogP contribution is 2.31. The number of hydrogen-bond acceptors (Lipinski definition) is 4. The van der Waals surface area contributed by atoms with E-state index in [2.05, 4.69) is 17.1 Å². The molecule has 19 heavy (non-hydrogen) atoms. The molecule has 3 unspecified atom stereocenters. The Morgan fingerprint density at radius 2 is 2.05 bits per heavy atom. The first-order valence-electron chi connectivity index (χ1n) is 7.64. The van der Waals surface area contributed by atoms with E-state index in [4.69, 9.17) is 4.74 Å². The summed E-state index contributed by atoms with van der Waals surface area (Å²) in [5, 5.41) is 3.30. The molecule has 3 aliphatic rings. The summed E-state index contributed by atoms with van der Waals surface area (Å²) in [5.74, 6) is 0.300. The zero-order chi connectivity index (χ0) is 13.2. The standard InChI is InChI=1S/C14H25N3O2/c1-11(14(18)16-7-5-15-6-8-16)17-9-10-19-13-4-2-3-12(13)17/h11-13,15H,2-10H2,1H3. The highest BCUT2D eigenvalue weighted by molar-refractivity contribution is 5.81. The highest BCUT2D eigenvalue weighted by Gasteiger charge is 2.40. The summed E-state index contributed by atoms with van der Waals surface area (Å²) >= 11 is 0. The van der Waals surface area contributed by atoms with E-state index in [9.17, 15) is 4.79 Å². The molecule has 1 aliphatic carbocycles. The van der Waals surface area contributed by atoms with Crippen LogP contribution in [-0.2, 0) is 9.53 Å². The van der Waals surface area contributed by atoms with Crippen molar-refractivity contribution < 1.29 is 9.53 Å². The molecule has 3 atom stereocenters. The summed E-state index contributed by atoms with van der Waals surface area (Å²) in [6.07, 6.45) is 3.95.